The minimum atomic E-state index is -1.88. The van der Waals surface area contributed by atoms with Gasteiger partial charge in [-0.2, -0.15) is 0 Å². The summed E-state index contributed by atoms with van der Waals surface area (Å²) in [5, 5.41) is 5.73. The molecule has 150 valence electrons. The maximum atomic E-state index is 4.96. The second kappa shape index (κ2) is 6.66. The molecule has 0 aliphatic carbocycles. The Hall–Kier alpha value is -2.17. The topological polar surface area (TPSA) is 12.9 Å². The summed E-state index contributed by atoms with van der Waals surface area (Å²) < 4.78 is 1.61. The first-order chi connectivity index (χ1) is 14.2. The van der Waals surface area contributed by atoms with E-state index in [-0.39, 0.29) is 0 Å². The van der Waals surface area contributed by atoms with Crippen molar-refractivity contribution in [2.45, 2.75) is 37.3 Å². The zero-order chi connectivity index (χ0) is 21.3. The third-order valence-electron chi connectivity index (χ3n) is 6.77. The number of aryl methyl sites for hydroxylation is 1. The summed E-state index contributed by atoms with van der Waals surface area (Å²) in [6.45, 7) is 7.24. The number of rotatable bonds is 2. The van der Waals surface area contributed by atoms with Crippen LogP contribution in [0.15, 0.2) is 66.9 Å². The molecule has 1 nitrogen and oxygen atoms in total. The van der Waals surface area contributed by atoms with Crippen LogP contribution in [-0.4, -0.2) is 26.3 Å². The molecule has 0 fully saturated rings. The molecule has 1 aliphatic rings. The Morgan fingerprint density at radius 3 is 2.37 bits per heavy atom. The van der Waals surface area contributed by atoms with Crippen molar-refractivity contribution in [3.8, 4) is 22.4 Å². The van der Waals surface area contributed by atoms with Crippen molar-refractivity contribution in [2.75, 3.05) is 0 Å². The molecule has 2 heterocycles. The quantitative estimate of drug-likeness (QED) is 0.352. The number of nitrogens with zero attached hydrogens (tertiary/aromatic N) is 1. The summed E-state index contributed by atoms with van der Waals surface area (Å²) in [6, 6.07) is 22.9. The van der Waals surface area contributed by atoms with Crippen molar-refractivity contribution in [3.63, 3.8) is 0 Å². The van der Waals surface area contributed by atoms with Crippen molar-refractivity contribution in [1.29, 1.82) is 0 Å². The molecule has 0 N–H and O–H groups in total. The van der Waals surface area contributed by atoms with Gasteiger partial charge in [0.1, 0.15) is 0 Å². The molecular formula is C27H29GeNSi. The van der Waals surface area contributed by atoms with Gasteiger partial charge in [-0.15, -0.1) is 0 Å². The number of fused-ring (bicyclic) bond motifs is 4. The van der Waals surface area contributed by atoms with Crippen LogP contribution >= 0.6 is 0 Å². The fourth-order valence-electron chi connectivity index (χ4n) is 5.07. The van der Waals surface area contributed by atoms with Crippen LogP contribution in [-0.2, 0) is 0 Å². The van der Waals surface area contributed by atoms with Gasteiger partial charge in [0.2, 0.25) is 0 Å². The van der Waals surface area contributed by atoms with Gasteiger partial charge < -0.3 is 0 Å². The van der Waals surface area contributed by atoms with Crippen LogP contribution in [0.3, 0.4) is 0 Å². The van der Waals surface area contributed by atoms with Gasteiger partial charge in [0.15, 0.2) is 0 Å². The Labute approximate surface area is 183 Å². The van der Waals surface area contributed by atoms with Gasteiger partial charge in [-0.1, -0.05) is 0 Å². The van der Waals surface area contributed by atoms with Crippen LogP contribution in [0.4, 0.5) is 0 Å². The Morgan fingerprint density at radius 1 is 0.833 bits per heavy atom. The molecule has 0 bridgehead atoms. The Kier molecular flexibility index (Phi) is 4.39. The predicted octanol–water partition coefficient (Wildman–Crippen LogP) is 5.56. The SMILES string of the molecule is Cc1cc(-c2nccc3c2[Si](C)(C)c2c[c]([Ge]([CH3])([CH3])[CH3])ccc2-3)cc2ccccc12. The molecule has 1 aliphatic heterocycles. The summed E-state index contributed by atoms with van der Waals surface area (Å²) in [5.74, 6) is 7.47. The van der Waals surface area contributed by atoms with Gasteiger partial charge in [-0.3, -0.25) is 0 Å². The van der Waals surface area contributed by atoms with Crippen LogP contribution < -0.4 is 14.8 Å². The average Bonchev–Trinajstić information content (AvgIpc) is 2.94. The number of hydrogen-bond acceptors (Lipinski definition) is 1. The number of benzene rings is 3. The second-order valence-corrected chi connectivity index (χ2v) is 25.2. The van der Waals surface area contributed by atoms with Crippen LogP contribution in [0.2, 0.25) is 30.4 Å². The van der Waals surface area contributed by atoms with Crippen molar-refractivity contribution >= 4 is 46.9 Å². The summed E-state index contributed by atoms with van der Waals surface area (Å²) in [4.78, 5) is 4.96. The molecule has 4 aromatic rings. The van der Waals surface area contributed by atoms with E-state index in [0.29, 0.717) is 0 Å². The summed E-state index contributed by atoms with van der Waals surface area (Å²) >= 11 is -1.88. The maximum absolute atomic E-state index is 4.96. The standard InChI is InChI=1S/C27H29GeNSi/c1-18-15-20(16-19-9-7-8-10-22(18)19)26-27-24(13-14-29-26)23-12-11-21(28(2,3)4)17-25(23)30(27,5)6/h7-17H,1-6H3. The number of aromatic nitrogens is 1. The third kappa shape index (κ3) is 2.92. The van der Waals surface area contributed by atoms with Crippen molar-refractivity contribution in [3.05, 3.63) is 72.4 Å². The van der Waals surface area contributed by atoms with Crippen LogP contribution in [0.25, 0.3) is 33.2 Å². The first-order valence-corrected chi connectivity index (χ1v) is 21.2. The van der Waals surface area contributed by atoms with E-state index in [1.165, 1.54) is 43.9 Å². The molecular weight excluding hydrogens is 439 g/mol. The van der Waals surface area contributed by atoms with E-state index in [1.807, 2.05) is 6.20 Å². The third-order valence-corrected chi connectivity index (χ3v) is 14.6. The Bertz CT molecular complexity index is 1310. The van der Waals surface area contributed by atoms with Gasteiger partial charge in [0, 0.05) is 0 Å². The molecule has 30 heavy (non-hydrogen) atoms. The molecule has 0 saturated heterocycles. The molecule has 0 saturated carbocycles. The first kappa shape index (κ1) is 19.8. The van der Waals surface area contributed by atoms with E-state index < -0.39 is 21.3 Å². The molecule has 5 rings (SSSR count). The van der Waals surface area contributed by atoms with E-state index in [1.54, 1.807) is 9.58 Å². The minimum absolute atomic E-state index is 1.19. The Morgan fingerprint density at radius 2 is 1.60 bits per heavy atom. The molecule has 0 atom stereocenters. The van der Waals surface area contributed by atoms with Gasteiger partial charge in [-0.25, -0.2) is 0 Å². The Balaban J connectivity index is 1.76. The predicted molar refractivity (Wildman–Crippen MR) is 137 cm³/mol. The van der Waals surface area contributed by atoms with Crippen molar-refractivity contribution < 1.29 is 0 Å². The monoisotopic (exact) mass is 469 g/mol. The average molecular weight is 468 g/mol. The van der Waals surface area contributed by atoms with E-state index in [0.717, 1.165) is 0 Å². The normalized spacial score (nSPS) is 14.6. The van der Waals surface area contributed by atoms with E-state index in [2.05, 4.69) is 98.0 Å². The first-order valence-electron chi connectivity index (χ1n) is 10.8. The van der Waals surface area contributed by atoms with Gasteiger partial charge in [0.05, 0.1) is 0 Å². The van der Waals surface area contributed by atoms with E-state index in [9.17, 15) is 0 Å². The van der Waals surface area contributed by atoms with Crippen LogP contribution in [0, 0.1) is 6.92 Å². The van der Waals surface area contributed by atoms with Crippen LogP contribution in [0.1, 0.15) is 5.56 Å². The summed E-state index contributed by atoms with van der Waals surface area (Å²) in [6.07, 6.45) is 2.01. The molecule has 0 unspecified atom stereocenters. The number of pyridine rings is 1. The molecule has 3 aromatic carbocycles. The number of hydrogen-bond donors (Lipinski definition) is 0. The van der Waals surface area contributed by atoms with Crippen LogP contribution in [0.5, 0.6) is 0 Å². The fraction of sp³-hybridized carbons (Fsp3) is 0.222. The zero-order valence-corrected chi connectivity index (χ0v) is 21.9. The molecule has 0 amide bonds. The van der Waals surface area contributed by atoms with E-state index in [4.69, 9.17) is 4.98 Å². The fourth-order valence-corrected chi connectivity index (χ4v) is 11.2. The molecule has 0 radical (unpaired) electrons. The van der Waals surface area contributed by atoms with Crippen molar-refractivity contribution in [2.24, 2.45) is 0 Å². The molecule has 3 heteroatoms. The zero-order valence-electron chi connectivity index (χ0n) is 18.8. The summed E-state index contributed by atoms with van der Waals surface area (Å²) in [5.41, 5.74) is 6.61. The van der Waals surface area contributed by atoms with Gasteiger partial charge >= 0.3 is 184 Å². The van der Waals surface area contributed by atoms with E-state index >= 15 is 0 Å². The second-order valence-electron chi connectivity index (χ2n) is 10.2. The van der Waals surface area contributed by atoms with Gasteiger partial charge in [-0.05, 0) is 0 Å². The van der Waals surface area contributed by atoms with Gasteiger partial charge in [0.25, 0.3) is 0 Å². The van der Waals surface area contributed by atoms with Crippen molar-refractivity contribution in [1.82, 2.24) is 4.98 Å². The molecule has 1 aromatic heterocycles. The summed E-state index contributed by atoms with van der Waals surface area (Å²) in [7, 11) is -1.84. The molecule has 0 spiro atoms.